The van der Waals surface area contributed by atoms with E-state index in [1.54, 1.807) is 6.20 Å². The van der Waals surface area contributed by atoms with Gasteiger partial charge < -0.3 is 5.32 Å². The highest BCUT2D eigenvalue weighted by Gasteiger charge is 2.14. The predicted octanol–water partition coefficient (Wildman–Crippen LogP) is 3.53. The highest BCUT2D eigenvalue weighted by Crippen LogP contribution is 2.24. The number of benzene rings is 1. The van der Waals surface area contributed by atoms with Gasteiger partial charge in [-0.3, -0.25) is 9.78 Å². The molecule has 1 heterocycles. The van der Waals surface area contributed by atoms with E-state index in [1.807, 2.05) is 30.5 Å². The maximum absolute atomic E-state index is 12.0. The first kappa shape index (κ1) is 11.9. The lowest BCUT2D eigenvalue weighted by molar-refractivity contribution is -0.116. The first-order valence-corrected chi connectivity index (χ1v) is 6.62. The molecule has 0 fully saturated rings. The Labute approximate surface area is 112 Å². The van der Waals surface area contributed by atoms with Gasteiger partial charge in [-0.25, -0.2) is 0 Å². The molecule has 1 aromatic heterocycles. The third kappa shape index (κ3) is 2.65. The van der Waals surface area contributed by atoms with Crippen molar-refractivity contribution in [3.63, 3.8) is 0 Å². The maximum atomic E-state index is 12.0. The van der Waals surface area contributed by atoms with E-state index in [4.69, 9.17) is 0 Å². The average Bonchev–Trinajstić information content (AvgIpc) is 2.92. The third-order valence-electron chi connectivity index (χ3n) is 3.50. The molecule has 0 bridgehead atoms. The number of nitrogens with one attached hydrogen (secondary N) is 1. The summed E-state index contributed by atoms with van der Waals surface area (Å²) < 4.78 is 0. The number of allylic oxidation sites excluding steroid dienone is 2. The summed E-state index contributed by atoms with van der Waals surface area (Å²) in [7, 11) is 0. The molecular formula is C16H16N2O. The molecule has 19 heavy (non-hydrogen) atoms. The summed E-state index contributed by atoms with van der Waals surface area (Å²) in [6, 6.07) is 7.94. The molecule has 1 amide bonds. The number of pyridine rings is 1. The van der Waals surface area contributed by atoms with Crippen LogP contribution in [0.25, 0.3) is 10.8 Å². The number of hydrogen-bond acceptors (Lipinski definition) is 2. The fourth-order valence-electron chi connectivity index (χ4n) is 2.52. The number of rotatable bonds is 3. The Hall–Kier alpha value is -2.16. The zero-order valence-corrected chi connectivity index (χ0v) is 10.7. The Morgan fingerprint density at radius 3 is 3.05 bits per heavy atom. The Bertz CT molecular complexity index is 628. The summed E-state index contributed by atoms with van der Waals surface area (Å²) in [5, 5.41) is 5.05. The second-order valence-corrected chi connectivity index (χ2v) is 4.93. The molecule has 0 spiro atoms. The predicted molar refractivity (Wildman–Crippen MR) is 76.9 cm³/mol. The van der Waals surface area contributed by atoms with Crippen LogP contribution in [0, 0.1) is 5.92 Å². The van der Waals surface area contributed by atoms with E-state index in [-0.39, 0.29) is 5.91 Å². The van der Waals surface area contributed by atoms with E-state index >= 15 is 0 Å². The molecule has 0 saturated carbocycles. The lowest BCUT2D eigenvalue weighted by Gasteiger charge is -2.10. The minimum Gasteiger partial charge on any atom is -0.324 e. The van der Waals surface area contributed by atoms with Crippen LogP contribution in [0.4, 0.5) is 5.69 Å². The molecule has 1 atom stereocenters. The molecule has 96 valence electrons. The smallest absolute Gasteiger partial charge is 0.225 e. The summed E-state index contributed by atoms with van der Waals surface area (Å²) in [5.41, 5.74) is 0.796. The maximum Gasteiger partial charge on any atom is 0.225 e. The molecule has 0 saturated heterocycles. The quantitative estimate of drug-likeness (QED) is 0.849. The van der Waals surface area contributed by atoms with Crippen molar-refractivity contribution in [1.82, 2.24) is 4.98 Å². The number of hydrogen-bond donors (Lipinski definition) is 1. The van der Waals surface area contributed by atoms with Crippen LogP contribution in [0.2, 0.25) is 0 Å². The van der Waals surface area contributed by atoms with Crippen molar-refractivity contribution >= 4 is 22.4 Å². The number of carbonyl (C=O) groups excluding carboxylic acids is 1. The Morgan fingerprint density at radius 1 is 1.32 bits per heavy atom. The van der Waals surface area contributed by atoms with Crippen LogP contribution in [-0.2, 0) is 4.79 Å². The Morgan fingerprint density at radius 2 is 2.21 bits per heavy atom. The van der Waals surface area contributed by atoms with Gasteiger partial charge in [0.2, 0.25) is 5.91 Å². The van der Waals surface area contributed by atoms with E-state index in [0.29, 0.717) is 12.3 Å². The van der Waals surface area contributed by atoms with Crippen molar-refractivity contribution in [2.75, 3.05) is 5.32 Å². The van der Waals surface area contributed by atoms with Crippen molar-refractivity contribution in [2.24, 2.45) is 5.92 Å². The number of carbonyl (C=O) groups is 1. The van der Waals surface area contributed by atoms with Gasteiger partial charge in [0.1, 0.15) is 0 Å². The molecule has 1 N–H and O–H groups in total. The topological polar surface area (TPSA) is 42.0 Å². The number of fused-ring (bicyclic) bond motifs is 1. The summed E-state index contributed by atoms with van der Waals surface area (Å²) >= 11 is 0. The molecule has 1 aliphatic rings. The van der Waals surface area contributed by atoms with E-state index in [9.17, 15) is 4.79 Å². The van der Waals surface area contributed by atoms with Crippen LogP contribution in [0.15, 0.2) is 48.8 Å². The molecule has 3 rings (SSSR count). The summed E-state index contributed by atoms with van der Waals surface area (Å²) in [6.07, 6.45) is 10.5. The number of amides is 1. The molecule has 0 aliphatic heterocycles. The second kappa shape index (κ2) is 5.22. The summed E-state index contributed by atoms with van der Waals surface area (Å²) in [5.74, 6) is 0.456. The first-order valence-electron chi connectivity index (χ1n) is 6.62. The molecule has 2 aromatic rings. The van der Waals surface area contributed by atoms with Crippen molar-refractivity contribution in [3.05, 3.63) is 48.8 Å². The van der Waals surface area contributed by atoms with Crippen LogP contribution >= 0.6 is 0 Å². The lowest BCUT2D eigenvalue weighted by Crippen LogP contribution is -2.15. The van der Waals surface area contributed by atoms with Gasteiger partial charge in [0.25, 0.3) is 0 Å². The van der Waals surface area contributed by atoms with Gasteiger partial charge in [-0.05, 0) is 18.8 Å². The molecule has 3 nitrogen and oxygen atoms in total. The summed E-state index contributed by atoms with van der Waals surface area (Å²) in [6.45, 7) is 0. The van der Waals surface area contributed by atoms with Crippen molar-refractivity contribution in [1.29, 1.82) is 0 Å². The SMILES string of the molecule is O=C(C[C@H]1C=CCC1)Nc1cncc2ccccc12. The fourth-order valence-corrected chi connectivity index (χ4v) is 2.52. The molecule has 1 aliphatic carbocycles. The zero-order valence-electron chi connectivity index (χ0n) is 10.7. The highest BCUT2D eigenvalue weighted by atomic mass is 16.1. The van der Waals surface area contributed by atoms with Gasteiger partial charge in [0.15, 0.2) is 0 Å². The molecule has 3 heteroatoms. The largest absolute Gasteiger partial charge is 0.324 e. The number of anilines is 1. The van der Waals surface area contributed by atoms with Gasteiger partial charge in [-0.15, -0.1) is 0 Å². The Balaban J connectivity index is 1.77. The second-order valence-electron chi connectivity index (χ2n) is 4.93. The van der Waals surface area contributed by atoms with E-state index in [2.05, 4.69) is 22.5 Å². The molecule has 1 aromatic carbocycles. The van der Waals surface area contributed by atoms with Crippen molar-refractivity contribution in [2.45, 2.75) is 19.3 Å². The lowest BCUT2D eigenvalue weighted by atomic mass is 10.0. The Kier molecular flexibility index (Phi) is 3.27. The van der Waals surface area contributed by atoms with Gasteiger partial charge in [-0.1, -0.05) is 36.4 Å². The minimum absolute atomic E-state index is 0.0645. The van der Waals surface area contributed by atoms with Crippen LogP contribution in [-0.4, -0.2) is 10.9 Å². The van der Waals surface area contributed by atoms with Gasteiger partial charge in [0, 0.05) is 23.4 Å². The van der Waals surface area contributed by atoms with Crippen LogP contribution in [0.5, 0.6) is 0 Å². The van der Waals surface area contributed by atoms with Crippen LogP contribution < -0.4 is 5.32 Å². The van der Waals surface area contributed by atoms with E-state index in [0.717, 1.165) is 29.3 Å². The van der Waals surface area contributed by atoms with Crippen LogP contribution in [0.1, 0.15) is 19.3 Å². The highest BCUT2D eigenvalue weighted by molar-refractivity contribution is 6.01. The fraction of sp³-hybridized carbons (Fsp3) is 0.250. The monoisotopic (exact) mass is 252 g/mol. The first-order chi connectivity index (χ1) is 9.33. The average molecular weight is 252 g/mol. The van der Waals surface area contributed by atoms with Gasteiger partial charge >= 0.3 is 0 Å². The van der Waals surface area contributed by atoms with Crippen molar-refractivity contribution in [3.8, 4) is 0 Å². The molecular weight excluding hydrogens is 236 g/mol. The van der Waals surface area contributed by atoms with Gasteiger partial charge in [-0.2, -0.15) is 0 Å². The normalized spacial score (nSPS) is 17.8. The number of nitrogens with zero attached hydrogens (tertiary/aromatic N) is 1. The third-order valence-corrected chi connectivity index (χ3v) is 3.50. The van der Waals surface area contributed by atoms with E-state index in [1.165, 1.54) is 0 Å². The molecule has 0 radical (unpaired) electrons. The van der Waals surface area contributed by atoms with Crippen LogP contribution in [0.3, 0.4) is 0 Å². The number of aromatic nitrogens is 1. The minimum atomic E-state index is 0.0645. The zero-order chi connectivity index (χ0) is 13.1. The van der Waals surface area contributed by atoms with Gasteiger partial charge in [0.05, 0.1) is 11.9 Å². The molecule has 0 unspecified atom stereocenters. The van der Waals surface area contributed by atoms with E-state index < -0.39 is 0 Å². The van der Waals surface area contributed by atoms with Crippen molar-refractivity contribution < 1.29 is 4.79 Å². The standard InChI is InChI=1S/C16H16N2O/c19-16(9-12-5-1-2-6-12)18-15-11-17-10-13-7-3-4-8-14(13)15/h1,3-5,7-8,10-12H,2,6,9H2,(H,18,19)/t12-/m0/s1. The summed E-state index contributed by atoms with van der Waals surface area (Å²) in [4.78, 5) is 16.2.